The van der Waals surface area contributed by atoms with Crippen LogP contribution >= 0.6 is 0 Å². The van der Waals surface area contributed by atoms with E-state index in [4.69, 9.17) is 11.3 Å². The molecular formula is C26H21N5. The van der Waals surface area contributed by atoms with Gasteiger partial charge < -0.3 is 10.4 Å². The third-order valence-corrected chi connectivity index (χ3v) is 5.61. The maximum atomic E-state index is 8.04. The van der Waals surface area contributed by atoms with Gasteiger partial charge in [0.1, 0.15) is 0 Å². The fourth-order valence-electron chi connectivity index (χ4n) is 4.10. The standard InChI is InChI=1S/C26H21N5/c27-26(29-30-28)21-14-15-25-23(16-21)22-8-4-5-9-24(22)31(25)17-18-10-12-20(13-11-18)19-6-2-1-3-7-19/h1-16H,17H2,(H3,27,28,29). The number of nitrogens with two attached hydrogens (primary N) is 1. The summed E-state index contributed by atoms with van der Waals surface area (Å²) in [4.78, 5) is 0. The number of nitrogens with zero attached hydrogens (tertiary/aromatic N) is 3. The van der Waals surface area contributed by atoms with E-state index in [1.165, 1.54) is 16.7 Å². The van der Waals surface area contributed by atoms with Gasteiger partial charge in [0.05, 0.1) is 0 Å². The first-order valence-electron chi connectivity index (χ1n) is 10.1. The number of para-hydroxylation sites is 1. The first-order valence-corrected chi connectivity index (χ1v) is 10.1. The van der Waals surface area contributed by atoms with Crippen molar-refractivity contribution in [3.05, 3.63) is 108 Å². The second-order valence-electron chi connectivity index (χ2n) is 7.46. The van der Waals surface area contributed by atoms with E-state index >= 15 is 0 Å². The molecule has 150 valence electrons. The Morgan fingerprint density at radius 3 is 2.19 bits per heavy atom. The molecule has 0 atom stereocenters. The maximum Gasteiger partial charge on any atom is 0.176 e. The van der Waals surface area contributed by atoms with Crippen molar-refractivity contribution < 1.29 is 0 Å². The Kier molecular flexibility index (Phi) is 4.77. The molecule has 3 N–H and O–H groups in total. The fourth-order valence-corrected chi connectivity index (χ4v) is 4.10. The van der Waals surface area contributed by atoms with Crippen LogP contribution in [0.2, 0.25) is 0 Å². The molecule has 31 heavy (non-hydrogen) atoms. The van der Waals surface area contributed by atoms with E-state index in [-0.39, 0.29) is 5.84 Å². The minimum atomic E-state index is 0.0535. The lowest BCUT2D eigenvalue weighted by molar-refractivity contribution is 0.869. The Balaban J connectivity index is 1.57. The first-order chi connectivity index (χ1) is 15.2. The van der Waals surface area contributed by atoms with Crippen molar-refractivity contribution in [2.24, 2.45) is 16.2 Å². The van der Waals surface area contributed by atoms with Crippen LogP contribution in [0.3, 0.4) is 0 Å². The Morgan fingerprint density at radius 1 is 0.742 bits per heavy atom. The van der Waals surface area contributed by atoms with E-state index < -0.39 is 0 Å². The molecule has 0 saturated heterocycles. The van der Waals surface area contributed by atoms with Gasteiger partial charge in [-0.1, -0.05) is 78.0 Å². The molecule has 0 aliphatic heterocycles. The van der Waals surface area contributed by atoms with Crippen LogP contribution in [-0.4, -0.2) is 10.4 Å². The molecule has 5 nitrogen and oxygen atoms in total. The molecule has 0 fully saturated rings. The molecule has 1 heterocycles. The Hall–Kier alpha value is -4.25. The highest BCUT2D eigenvalue weighted by molar-refractivity contribution is 6.11. The van der Waals surface area contributed by atoms with Crippen LogP contribution in [0, 0.1) is 5.41 Å². The second-order valence-corrected chi connectivity index (χ2v) is 7.46. The minimum Gasteiger partial charge on any atom is -0.336 e. The van der Waals surface area contributed by atoms with E-state index in [2.05, 4.69) is 81.6 Å². The number of benzene rings is 4. The molecule has 0 unspecified atom stereocenters. The molecule has 0 saturated carbocycles. The lowest BCUT2D eigenvalue weighted by Gasteiger charge is -2.09. The highest BCUT2D eigenvalue weighted by atomic mass is 15.3. The van der Waals surface area contributed by atoms with Gasteiger partial charge >= 0.3 is 0 Å². The van der Waals surface area contributed by atoms with Gasteiger partial charge in [0.2, 0.25) is 0 Å². The monoisotopic (exact) mass is 403 g/mol. The molecule has 0 amide bonds. The van der Waals surface area contributed by atoms with Gasteiger partial charge in [0, 0.05) is 33.9 Å². The highest BCUT2D eigenvalue weighted by Crippen LogP contribution is 2.31. The number of hydrogen-bond donors (Lipinski definition) is 2. The van der Waals surface area contributed by atoms with Crippen LogP contribution in [0.1, 0.15) is 11.1 Å². The predicted molar refractivity (Wildman–Crippen MR) is 126 cm³/mol. The second kappa shape index (κ2) is 7.88. The van der Waals surface area contributed by atoms with Crippen LogP contribution in [0.5, 0.6) is 0 Å². The SMILES string of the molecule is N=C(N=NN)c1ccc2c(c1)c1ccccc1n2Cc1ccc(-c2ccccc2)cc1. The van der Waals surface area contributed by atoms with Crippen molar-refractivity contribution >= 4 is 27.6 Å². The summed E-state index contributed by atoms with van der Waals surface area (Å²) in [6.45, 7) is 0.762. The molecule has 1 aromatic heterocycles. The van der Waals surface area contributed by atoms with Gasteiger partial charge in [-0.2, -0.15) is 0 Å². The van der Waals surface area contributed by atoms with Crippen molar-refractivity contribution in [2.75, 3.05) is 0 Å². The number of amidine groups is 1. The van der Waals surface area contributed by atoms with Gasteiger partial charge in [0.25, 0.3) is 0 Å². The summed E-state index contributed by atoms with van der Waals surface area (Å²) >= 11 is 0. The summed E-state index contributed by atoms with van der Waals surface area (Å²) in [6, 6.07) is 33.4. The Morgan fingerprint density at radius 2 is 1.42 bits per heavy atom. The van der Waals surface area contributed by atoms with Crippen molar-refractivity contribution in [2.45, 2.75) is 6.54 Å². The summed E-state index contributed by atoms with van der Waals surface area (Å²) in [7, 11) is 0. The molecule has 4 aromatic carbocycles. The van der Waals surface area contributed by atoms with Crippen LogP contribution in [0.25, 0.3) is 32.9 Å². The zero-order chi connectivity index (χ0) is 21.2. The number of aromatic nitrogens is 1. The van der Waals surface area contributed by atoms with Crippen molar-refractivity contribution in [1.82, 2.24) is 4.57 Å². The third-order valence-electron chi connectivity index (χ3n) is 5.61. The van der Waals surface area contributed by atoms with E-state index in [0.29, 0.717) is 5.56 Å². The molecule has 0 spiro atoms. The molecule has 0 radical (unpaired) electrons. The van der Waals surface area contributed by atoms with Crippen molar-refractivity contribution in [3.8, 4) is 11.1 Å². The fraction of sp³-hybridized carbons (Fsp3) is 0.0385. The molecule has 5 aromatic rings. The maximum absolute atomic E-state index is 8.04. The smallest absolute Gasteiger partial charge is 0.176 e. The highest BCUT2D eigenvalue weighted by Gasteiger charge is 2.13. The number of nitrogens with one attached hydrogen (secondary N) is 1. The lowest BCUT2D eigenvalue weighted by Crippen LogP contribution is -2.00. The van der Waals surface area contributed by atoms with E-state index in [9.17, 15) is 0 Å². The average molecular weight is 403 g/mol. The zero-order valence-electron chi connectivity index (χ0n) is 16.9. The molecule has 0 aliphatic rings. The number of fused-ring (bicyclic) bond motifs is 3. The average Bonchev–Trinajstić information content (AvgIpc) is 3.13. The summed E-state index contributed by atoms with van der Waals surface area (Å²) in [5.41, 5.74) is 6.63. The number of hydrogen-bond acceptors (Lipinski definition) is 2. The quantitative estimate of drug-likeness (QED) is 0.122. The molecule has 5 heteroatoms. The molecule has 5 rings (SSSR count). The van der Waals surface area contributed by atoms with Crippen molar-refractivity contribution in [1.29, 1.82) is 5.41 Å². The van der Waals surface area contributed by atoms with Crippen molar-refractivity contribution in [3.63, 3.8) is 0 Å². The van der Waals surface area contributed by atoms with E-state index in [0.717, 1.165) is 28.4 Å². The van der Waals surface area contributed by atoms with Crippen LogP contribution in [-0.2, 0) is 6.54 Å². The van der Waals surface area contributed by atoms with Gasteiger partial charge in [0.15, 0.2) is 5.84 Å². The Bertz CT molecular complexity index is 1410. The normalized spacial score (nSPS) is 11.5. The van der Waals surface area contributed by atoms with Gasteiger partial charge in [-0.15, -0.1) is 5.11 Å². The van der Waals surface area contributed by atoms with Crippen LogP contribution < -0.4 is 5.84 Å². The summed E-state index contributed by atoms with van der Waals surface area (Å²) in [5, 5.41) is 17.2. The van der Waals surface area contributed by atoms with Crippen LogP contribution in [0.15, 0.2) is 107 Å². The summed E-state index contributed by atoms with van der Waals surface area (Å²) < 4.78 is 2.32. The lowest BCUT2D eigenvalue weighted by atomic mass is 10.0. The third kappa shape index (κ3) is 3.46. The van der Waals surface area contributed by atoms with Gasteiger partial charge in [-0.05, 0) is 41.0 Å². The van der Waals surface area contributed by atoms with Gasteiger partial charge in [-0.3, -0.25) is 5.41 Å². The summed E-state index contributed by atoms with van der Waals surface area (Å²) in [5.74, 6) is 5.17. The molecule has 0 aliphatic carbocycles. The first kappa shape index (κ1) is 18.8. The molecule has 0 bridgehead atoms. The predicted octanol–water partition coefficient (Wildman–Crippen LogP) is 6.16. The van der Waals surface area contributed by atoms with E-state index in [1.54, 1.807) is 0 Å². The van der Waals surface area contributed by atoms with Crippen LogP contribution in [0.4, 0.5) is 0 Å². The summed E-state index contributed by atoms with van der Waals surface area (Å²) in [6.07, 6.45) is 0. The van der Waals surface area contributed by atoms with Gasteiger partial charge in [-0.25, -0.2) is 0 Å². The zero-order valence-corrected chi connectivity index (χ0v) is 16.9. The topological polar surface area (TPSA) is 79.5 Å². The Labute approximate surface area is 180 Å². The molecular weight excluding hydrogens is 382 g/mol. The largest absolute Gasteiger partial charge is 0.336 e. The van der Waals surface area contributed by atoms with E-state index in [1.807, 2.05) is 30.3 Å². The number of rotatable bonds is 4. The minimum absolute atomic E-state index is 0.0535.